The van der Waals surface area contributed by atoms with Crippen molar-refractivity contribution in [1.29, 1.82) is 0 Å². The highest BCUT2D eigenvalue weighted by Gasteiger charge is 2.34. The first-order chi connectivity index (χ1) is 9.42. The number of hydrogen-bond acceptors (Lipinski definition) is 4. The predicted octanol–water partition coefficient (Wildman–Crippen LogP) is 1.19. The highest BCUT2D eigenvalue weighted by atomic mass is 16.4. The zero-order chi connectivity index (χ0) is 12.4. The van der Waals surface area contributed by atoms with Gasteiger partial charge in [0.25, 0.3) is 5.89 Å². The minimum absolute atomic E-state index is 0.653. The molecule has 0 fully saturated rings. The van der Waals surface area contributed by atoms with Crippen LogP contribution in [0.1, 0.15) is 5.56 Å². The van der Waals surface area contributed by atoms with Gasteiger partial charge in [0.2, 0.25) is 0 Å². The van der Waals surface area contributed by atoms with Gasteiger partial charge in [-0.25, -0.2) is 4.40 Å². The molecule has 0 aromatic carbocycles. The summed E-state index contributed by atoms with van der Waals surface area (Å²) in [6.45, 7) is 0.745. The molecule has 0 N–H and O–H groups in total. The van der Waals surface area contributed by atoms with Crippen molar-refractivity contribution < 1.29 is 8.98 Å². The third-order valence-corrected chi connectivity index (χ3v) is 3.50. The molecule has 4 aromatic rings. The summed E-state index contributed by atoms with van der Waals surface area (Å²) in [6.07, 6.45) is 7.29. The fourth-order valence-electron chi connectivity index (χ4n) is 2.65. The Bertz CT molecular complexity index is 952. The summed E-state index contributed by atoms with van der Waals surface area (Å²) in [5.74, 6) is 1.49. The lowest BCUT2D eigenvalue weighted by Gasteiger charge is -1.91. The molecule has 5 heterocycles. The molecule has 6 nitrogen and oxygen atoms in total. The average Bonchev–Trinajstić information content (AvgIpc) is 3.07. The van der Waals surface area contributed by atoms with Gasteiger partial charge in [0.15, 0.2) is 0 Å². The molecule has 0 radical (unpaired) electrons. The maximum absolute atomic E-state index is 5.99. The molecule has 0 spiro atoms. The van der Waals surface area contributed by atoms with Crippen molar-refractivity contribution in [2.75, 3.05) is 0 Å². The second-order valence-electron chi connectivity index (χ2n) is 4.56. The lowest BCUT2D eigenvalue weighted by atomic mass is 10.2. The largest absolute Gasteiger partial charge is 0.396 e. The van der Waals surface area contributed by atoms with Crippen LogP contribution in [-0.4, -0.2) is 19.4 Å². The standard InChI is InChI=1S/C13H8N5O/c1-3-15-13-16-10-12(17(13)5-1)19-11-9-2-4-14-6-8(9)7-18(10)11/h1-6H,7H2/q+1. The van der Waals surface area contributed by atoms with Crippen molar-refractivity contribution in [1.82, 2.24) is 19.4 Å². The predicted molar refractivity (Wildman–Crippen MR) is 65.3 cm³/mol. The van der Waals surface area contributed by atoms with Gasteiger partial charge in [-0.1, -0.05) is 0 Å². The van der Waals surface area contributed by atoms with E-state index >= 15 is 0 Å². The highest BCUT2D eigenvalue weighted by molar-refractivity contribution is 5.71. The first-order valence-corrected chi connectivity index (χ1v) is 6.00. The van der Waals surface area contributed by atoms with Gasteiger partial charge in [-0.2, -0.15) is 9.55 Å². The number of imidazole rings is 1. The molecular formula is C13H8N5O+. The Labute approximate surface area is 107 Å². The van der Waals surface area contributed by atoms with Crippen molar-refractivity contribution in [3.8, 4) is 11.5 Å². The maximum Gasteiger partial charge on any atom is 0.392 e. The van der Waals surface area contributed by atoms with Gasteiger partial charge in [0, 0.05) is 35.3 Å². The summed E-state index contributed by atoms with van der Waals surface area (Å²) in [6, 6.07) is 3.84. The molecule has 0 amide bonds. The molecule has 0 unspecified atom stereocenters. The molecule has 90 valence electrons. The van der Waals surface area contributed by atoms with Gasteiger partial charge in [-0.05, 0) is 12.1 Å². The quantitative estimate of drug-likeness (QED) is 0.387. The normalized spacial score (nSPS) is 13.1. The summed E-state index contributed by atoms with van der Waals surface area (Å²) < 4.78 is 9.91. The molecule has 1 aliphatic rings. The molecule has 5 rings (SSSR count). The lowest BCUT2D eigenvalue weighted by molar-refractivity contribution is -0.651. The van der Waals surface area contributed by atoms with E-state index in [4.69, 9.17) is 4.42 Å². The van der Waals surface area contributed by atoms with E-state index in [2.05, 4.69) is 19.5 Å². The molecule has 0 saturated carbocycles. The number of hydrogen-bond donors (Lipinski definition) is 0. The minimum atomic E-state index is 0.653. The van der Waals surface area contributed by atoms with E-state index in [-0.39, 0.29) is 0 Å². The molecular weight excluding hydrogens is 242 g/mol. The molecule has 0 aliphatic carbocycles. The smallest absolute Gasteiger partial charge is 0.392 e. The van der Waals surface area contributed by atoms with Crippen LogP contribution in [0.5, 0.6) is 0 Å². The van der Waals surface area contributed by atoms with Gasteiger partial charge in [0.1, 0.15) is 6.54 Å². The van der Waals surface area contributed by atoms with Gasteiger partial charge >= 0.3 is 17.1 Å². The molecule has 0 atom stereocenters. The summed E-state index contributed by atoms with van der Waals surface area (Å²) in [4.78, 5) is 12.9. The van der Waals surface area contributed by atoms with E-state index in [0.29, 0.717) is 5.78 Å². The first-order valence-electron chi connectivity index (χ1n) is 6.00. The summed E-state index contributed by atoms with van der Waals surface area (Å²) in [7, 11) is 0. The van der Waals surface area contributed by atoms with Crippen LogP contribution in [0.4, 0.5) is 0 Å². The molecule has 1 aliphatic heterocycles. The van der Waals surface area contributed by atoms with Gasteiger partial charge in [0.05, 0.1) is 5.56 Å². The summed E-state index contributed by atoms with van der Waals surface area (Å²) in [5, 5.41) is 0. The second-order valence-corrected chi connectivity index (χ2v) is 4.56. The molecule has 19 heavy (non-hydrogen) atoms. The molecule has 0 saturated heterocycles. The third-order valence-electron chi connectivity index (χ3n) is 3.50. The monoisotopic (exact) mass is 250 g/mol. The van der Waals surface area contributed by atoms with E-state index < -0.39 is 0 Å². The van der Waals surface area contributed by atoms with E-state index in [0.717, 1.165) is 34.9 Å². The Morgan fingerprint density at radius 2 is 2.32 bits per heavy atom. The Balaban J connectivity index is 1.93. The van der Waals surface area contributed by atoms with Crippen molar-refractivity contribution in [2.45, 2.75) is 6.54 Å². The van der Waals surface area contributed by atoms with E-state index in [1.807, 2.05) is 28.9 Å². The van der Waals surface area contributed by atoms with Gasteiger partial charge in [-0.15, -0.1) is 0 Å². The third kappa shape index (κ3) is 1.02. The van der Waals surface area contributed by atoms with Crippen molar-refractivity contribution in [3.05, 3.63) is 42.5 Å². The highest BCUT2D eigenvalue weighted by Crippen LogP contribution is 2.30. The minimum Gasteiger partial charge on any atom is -0.396 e. The Morgan fingerprint density at radius 3 is 3.32 bits per heavy atom. The summed E-state index contributed by atoms with van der Waals surface area (Å²) in [5.41, 5.74) is 3.81. The van der Waals surface area contributed by atoms with E-state index in [9.17, 15) is 0 Å². The maximum atomic E-state index is 5.99. The van der Waals surface area contributed by atoms with Gasteiger partial charge in [-0.3, -0.25) is 4.98 Å². The number of pyridine rings is 1. The Hall–Kier alpha value is -2.76. The van der Waals surface area contributed by atoms with Crippen molar-refractivity contribution in [2.24, 2.45) is 0 Å². The topological polar surface area (TPSA) is 60.1 Å². The van der Waals surface area contributed by atoms with Crippen LogP contribution in [0, 0.1) is 0 Å². The Morgan fingerprint density at radius 1 is 1.32 bits per heavy atom. The van der Waals surface area contributed by atoms with Crippen LogP contribution >= 0.6 is 0 Å². The number of aromatic nitrogens is 5. The van der Waals surface area contributed by atoms with Crippen LogP contribution in [0.2, 0.25) is 0 Å². The number of nitrogens with zero attached hydrogens (tertiary/aromatic N) is 5. The van der Waals surface area contributed by atoms with Crippen LogP contribution in [0.3, 0.4) is 0 Å². The summed E-state index contributed by atoms with van der Waals surface area (Å²) >= 11 is 0. The fraction of sp³-hybridized carbons (Fsp3) is 0.0769. The average molecular weight is 250 g/mol. The molecule has 0 bridgehead atoms. The molecule has 6 heteroatoms. The Kier molecular flexibility index (Phi) is 1.44. The van der Waals surface area contributed by atoms with E-state index in [1.165, 1.54) is 0 Å². The zero-order valence-corrected chi connectivity index (χ0v) is 9.82. The number of rotatable bonds is 0. The second kappa shape index (κ2) is 2.97. The number of fused-ring (bicyclic) bond motifs is 7. The number of oxazole rings is 1. The SMILES string of the molecule is c1cnc2nc3c(oc4[n+]3Cc3cnccc3-4)n2c1. The van der Waals surface area contributed by atoms with Crippen LogP contribution in [-0.2, 0) is 6.54 Å². The fourth-order valence-corrected chi connectivity index (χ4v) is 2.65. The molecule has 4 aromatic heterocycles. The van der Waals surface area contributed by atoms with Gasteiger partial charge < -0.3 is 4.42 Å². The van der Waals surface area contributed by atoms with Crippen LogP contribution < -0.4 is 4.57 Å². The van der Waals surface area contributed by atoms with Crippen molar-refractivity contribution >= 4 is 17.1 Å². The lowest BCUT2D eigenvalue weighted by Crippen LogP contribution is -2.30. The van der Waals surface area contributed by atoms with Crippen LogP contribution in [0.15, 0.2) is 41.3 Å². The zero-order valence-electron chi connectivity index (χ0n) is 9.82. The van der Waals surface area contributed by atoms with Crippen LogP contribution in [0.25, 0.3) is 28.6 Å². The van der Waals surface area contributed by atoms with E-state index in [1.54, 1.807) is 12.4 Å². The first kappa shape index (κ1) is 9.21. The van der Waals surface area contributed by atoms with Crippen molar-refractivity contribution in [3.63, 3.8) is 0 Å².